The lowest BCUT2D eigenvalue weighted by molar-refractivity contribution is 0.0949. The van der Waals surface area contributed by atoms with Crippen LogP contribution in [0.4, 0.5) is 0 Å². The number of aromatic nitrogens is 3. The molecule has 0 aliphatic carbocycles. The number of aryl methyl sites for hydroxylation is 3. The maximum absolute atomic E-state index is 12.3. The lowest BCUT2D eigenvalue weighted by atomic mass is 10.1. The van der Waals surface area contributed by atoms with Crippen molar-refractivity contribution in [2.24, 2.45) is 12.8 Å². The summed E-state index contributed by atoms with van der Waals surface area (Å²) in [5.41, 5.74) is 10.3. The molecule has 0 bridgehead atoms. The number of hydrogen-bond acceptors (Lipinski definition) is 4. The molecular weight excluding hydrogens is 342 g/mol. The van der Waals surface area contributed by atoms with E-state index in [-0.39, 0.29) is 5.91 Å². The normalized spacial score (nSPS) is 10.6. The highest BCUT2D eigenvalue weighted by atomic mass is 16.2. The van der Waals surface area contributed by atoms with Crippen molar-refractivity contribution < 1.29 is 9.59 Å². The fourth-order valence-corrected chi connectivity index (χ4v) is 2.88. The zero-order chi connectivity index (χ0) is 19.6. The Balaban J connectivity index is 1.68. The fourth-order valence-electron chi connectivity index (χ4n) is 2.88. The average molecular weight is 363 g/mol. The average Bonchev–Trinajstić information content (AvgIpc) is 2.98. The minimum atomic E-state index is -0.485. The molecule has 0 unspecified atom stereocenters. The minimum absolute atomic E-state index is 0.149. The first-order chi connectivity index (χ1) is 12.8. The van der Waals surface area contributed by atoms with Gasteiger partial charge in [0.05, 0.1) is 28.2 Å². The number of pyridine rings is 1. The van der Waals surface area contributed by atoms with Gasteiger partial charge in [0, 0.05) is 25.4 Å². The first-order valence-electron chi connectivity index (χ1n) is 8.50. The molecule has 2 aromatic heterocycles. The van der Waals surface area contributed by atoms with Crippen LogP contribution in [-0.2, 0) is 13.6 Å². The summed E-state index contributed by atoms with van der Waals surface area (Å²) in [7, 11) is 1.79. The summed E-state index contributed by atoms with van der Waals surface area (Å²) in [6.07, 6.45) is 1.71. The molecule has 27 heavy (non-hydrogen) atoms. The smallest absolute Gasteiger partial charge is 0.255 e. The van der Waals surface area contributed by atoms with E-state index in [1.54, 1.807) is 37.0 Å². The number of primary amides is 1. The van der Waals surface area contributed by atoms with E-state index in [4.69, 9.17) is 5.73 Å². The summed E-state index contributed by atoms with van der Waals surface area (Å²) < 4.78 is 1.62. The molecule has 3 rings (SSSR count). The highest BCUT2D eigenvalue weighted by Crippen LogP contribution is 2.19. The van der Waals surface area contributed by atoms with Crippen molar-refractivity contribution in [2.75, 3.05) is 0 Å². The molecule has 3 N–H and O–H groups in total. The van der Waals surface area contributed by atoms with Gasteiger partial charge in [-0.25, -0.2) is 0 Å². The zero-order valence-electron chi connectivity index (χ0n) is 15.5. The van der Waals surface area contributed by atoms with Crippen molar-refractivity contribution in [3.63, 3.8) is 0 Å². The second-order valence-corrected chi connectivity index (χ2v) is 6.38. The third-order valence-corrected chi connectivity index (χ3v) is 4.31. The van der Waals surface area contributed by atoms with Gasteiger partial charge in [-0.15, -0.1) is 0 Å². The van der Waals surface area contributed by atoms with Gasteiger partial charge in [0.25, 0.3) is 11.8 Å². The number of nitrogens with one attached hydrogen (secondary N) is 1. The van der Waals surface area contributed by atoms with Crippen LogP contribution in [0.1, 0.15) is 37.7 Å². The van der Waals surface area contributed by atoms with Gasteiger partial charge in [0.2, 0.25) is 0 Å². The molecule has 0 radical (unpaired) electrons. The predicted octanol–water partition coefficient (Wildman–Crippen LogP) is 2.13. The van der Waals surface area contributed by atoms with Crippen LogP contribution >= 0.6 is 0 Å². The van der Waals surface area contributed by atoms with Crippen LogP contribution in [0.25, 0.3) is 11.3 Å². The standard InChI is InChI=1S/C20H21N5O2/c1-12-16(19(21)26)8-9-18(23-12)15-6-4-14(5-7-15)10-22-20(27)17-11-25(3)24-13(17)2/h4-9,11H,10H2,1-3H3,(H2,21,26)(H,22,27). The number of hydrogen-bond donors (Lipinski definition) is 2. The van der Waals surface area contributed by atoms with Crippen molar-refractivity contribution in [1.29, 1.82) is 0 Å². The Hall–Kier alpha value is -3.48. The number of benzene rings is 1. The molecule has 0 saturated heterocycles. The number of nitrogens with two attached hydrogens (primary N) is 1. The largest absolute Gasteiger partial charge is 0.366 e. The van der Waals surface area contributed by atoms with E-state index in [0.717, 1.165) is 16.8 Å². The van der Waals surface area contributed by atoms with E-state index in [9.17, 15) is 9.59 Å². The molecule has 1 aromatic carbocycles. The number of nitrogens with zero attached hydrogens (tertiary/aromatic N) is 3. The maximum atomic E-state index is 12.3. The Morgan fingerprint density at radius 2 is 1.74 bits per heavy atom. The van der Waals surface area contributed by atoms with E-state index >= 15 is 0 Å². The van der Waals surface area contributed by atoms with E-state index in [0.29, 0.717) is 29.1 Å². The Kier molecular flexibility index (Phi) is 5.03. The molecule has 3 aromatic rings. The van der Waals surface area contributed by atoms with Gasteiger partial charge in [0.15, 0.2) is 0 Å². The summed E-state index contributed by atoms with van der Waals surface area (Å²) >= 11 is 0. The third-order valence-electron chi connectivity index (χ3n) is 4.31. The minimum Gasteiger partial charge on any atom is -0.366 e. The van der Waals surface area contributed by atoms with Crippen LogP contribution in [0, 0.1) is 13.8 Å². The lowest BCUT2D eigenvalue weighted by Gasteiger charge is -2.08. The number of amides is 2. The molecule has 2 heterocycles. The number of rotatable bonds is 5. The third kappa shape index (κ3) is 4.03. The lowest BCUT2D eigenvalue weighted by Crippen LogP contribution is -2.23. The van der Waals surface area contributed by atoms with E-state index in [1.807, 2.05) is 31.2 Å². The van der Waals surface area contributed by atoms with Crippen LogP contribution in [0.5, 0.6) is 0 Å². The number of carbonyl (C=O) groups is 2. The van der Waals surface area contributed by atoms with Crippen LogP contribution in [0.15, 0.2) is 42.6 Å². The molecule has 2 amide bonds. The first-order valence-corrected chi connectivity index (χ1v) is 8.50. The van der Waals surface area contributed by atoms with Crippen molar-refractivity contribution in [2.45, 2.75) is 20.4 Å². The van der Waals surface area contributed by atoms with Crippen LogP contribution < -0.4 is 11.1 Å². The summed E-state index contributed by atoms with van der Waals surface area (Å²) in [4.78, 5) is 28.0. The second-order valence-electron chi connectivity index (χ2n) is 6.38. The second kappa shape index (κ2) is 7.41. The summed E-state index contributed by atoms with van der Waals surface area (Å²) in [6.45, 7) is 3.98. The van der Waals surface area contributed by atoms with Gasteiger partial charge >= 0.3 is 0 Å². The molecular formula is C20H21N5O2. The van der Waals surface area contributed by atoms with Crippen molar-refractivity contribution in [3.8, 4) is 11.3 Å². The molecule has 7 nitrogen and oxygen atoms in total. The Bertz CT molecular complexity index is 1010. The molecule has 0 saturated carbocycles. The van der Waals surface area contributed by atoms with Gasteiger partial charge in [-0.2, -0.15) is 5.10 Å². The summed E-state index contributed by atoms with van der Waals surface area (Å²) in [6, 6.07) is 11.2. The summed E-state index contributed by atoms with van der Waals surface area (Å²) in [5, 5.41) is 7.07. The molecule has 0 fully saturated rings. The van der Waals surface area contributed by atoms with Crippen LogP contribution in [0.3, 0.4) is 0 Å². The molecule has 0 atom stereocenters. The maximum Gasteiger partial charge on any atom is 0.255 e. The van der Waals surface area contributed by atoms with Gasteiger partial charge in [-0.1, -0.05) is 24.3 Å². The van der Waals surface area contributed by atoms with Crippen molar-refractivity contribution >= 4 is 11.8 Å². The first kappa shape index (κ1) is 18.3. The quantitative estimate of drug-likeness (QED) is 0.725. The van der Waals surface area contributed by atoms with Gasteiger partial charge in [0.1, 0.15) is 0 Å². The van der Waals surface area contributed by atoms with E-state index in [2.05, 4.69) is 15.4 Å². The Morgan fingerprint density at radius 1 is 1.04 bits per heavy atom. The molecule has 0 aliphatic rings. The van der Waals surface area contributed by atoms with E-state index in [1.165, 1.54) is 0 Å². The van der Waals surface area contributed by atoms with E-state index < -0.39 is 5.91 Å². The van der Waals surface area contributed by atoms with Gasteiger partial charge in [-0.05, 0) is 31.5 Å². The summed E-state index contributed by atoms with van der Waals surface area (Å²) in [5.74, 6) is -0.634. The molecule has 0 aliphatic heterocycles. The topological polar surface area (TPSA) is 103 Å². The molecule has 138 valence electrons. The highest BCUT2D eigenvalue weighted by Gasteiger charge is 2.12. The molecule has 7 heteroatoms. The number of carbonyl (C=O) groups excluding carboxylic acids is 2. The monoisotopic (exact) mass is 363 g/mol. The Morgan fingerprint density at radius 3 is 2.30 bits per heavy atom. The molecule has 0 spiro atoms. The fraction of sp³-hybridized carbons (Fsp3) is 0.200. The zero-order valence-corrected chi connectivity index (χ0v) is 15.5. The van der Waals surface area contributed by atoms with Crippen LogP contribution in [0.2, 0.25) is 0 Å². The Labute approximate surface area is 157 Å². The highest BCUT2D eigenvalue weighted by molar-refractivity contribution is 5.95. The van der Waals surface area contributed by atoms with Crippen molar-refractivity contribution in [3.05, 3.63) is 70.7 Å². The van der Waals surface area contributed by atoms with Crippen LogP contribution in [-0.4, -0.2) is 26.6 Å². The van der Waals surface area contributed by atoms with Gasteiger partial charge in [-0.3, -0.25) is 19.3 Å². The SMILES string of the molecule is Cc1nc(-c2ccc(CNC(=O)c3cn(C)nc3C)cc2)ccc1C(N)=O. The van der Waals surface area contributed by atoms with Gasteiger partial charge < -0.3 is 11.1 Å². The van der Waals surface area contributed by atoms with Crippen molar-refractivity contribution in [1.82, 2.24) is 20.1 Å². The predicted molar refractivity (Wildman–Crippen MR) is 102 cm³/mol.